The van der Waals surface area contributed by atoms with Gasteiger partial charge in [-0.25, -0.2) is 0 Å². The number of allylic oxidation sites excluding steroid dienone is 2. The summed E-state index contributed by atoms with van der Waals surface area (Å²) < 4.78 is 0. The van der Waals surface area contributed by atoms with Crippen LogP contribution in [0.3, 0.4) is 0 Å². The van der Waals surface area contributed by atoms with Crippen molar-refractivity contribution >= 4 is 11.3 Å². The zero-order chi connectivity index (χ0) is 10.9. The molecular weight excluding hydrogens is 200 g/mol. The molecule has 0 nitrogen and oxygen atoms in total. The van der Waals surface area contributed by atoms with Crippen molar-refractivity contribution < 1.29 is 0 Å². The molecule has 82 valence electrons. The van der Waals surface area contributed by atoms with E-state index in [2.05, 4.69) is 30.7 Å². The first kappa shape index (κ1) is 12.3. The number of hydrogen-bond donors (Lipinski definition) is 0. The summed E-state index contributed by atoms with van der Waals surface area (Å²) in [5.74, 6) is 0.506. The van der Waals surface area contributed by atoms with Gasteiger partial charge in [0.05, 0.1) is 0 Å². The van der Waals surface area contributed by atoms with Crippen molar-refractivity contribution in [2.45, 2.75) is 32.1 Å². The van der Waals surface area contributed by atoms with E-state index in [1.165, 1.54) is 37.0 Å². The second-order valence-corrected chi connectivity index (χ2v) is 4.85. The molecule has 1 aromatic heterocycles. The first-order valence-electron chi connectivity index (χ1n) is 5.64. The van der Waals surface area contributed by atoms with Gasteiger partial charge in [-0.15, -0.1) is 24.5 Å². The van der Waals surface area contributed by atoms with Gasteiger partial charge in [0.1, 0.15) is 0 Å². The fourth-order valence-electron chi connectivity index (χ4n) is 1.64. The third kappa shape index (κ3) is 4.98. The maximum absolute atomic E-state index is 3.80. The Hall–Kier alpha value is -0.820. The van der Waals surface area contributed by atoms with Gasteiger partial charge in [0, 0.05) is 4.88 Å². The molecule has 15 heavy (non-hydrogen) atoms. The predicted molar refractivity (Wildman–Crippen MR) is 70.4 cm³/mol. The van der Waals surface area contributed by atoms with Gasteiger partial charge >= 0.3 is 0 Å². The lowest BCUT2D eigenvalue weighted by Crippen LogP contribution is -1.91. The maximum Gasteiger partial charge on any atom is 0.00452 e. The van der Waals surface area contributed by atoms with Gasteiger partial charge in [-0.1, -0.05) is 31.1 Å². The minimum Gasteiger partial charge on any atom is -0.149 e. The molecule has 0 saturated heterocycles. The van der Waals surface area contributed by atoms with Crippen LogP contribution >= 0.6 is 11.3 Å². The highest BCUT2D eigenvalue weighted by Gasteiger charge is 1.98. The average molecular weight is 220 g/mol. The standard InChI is InChI=1S/C14H20S/c1-3-13(4-2)9-6-5-7-10-14-11-8-12-15-14/h3-4,8,11-13H,1-2,5-7,9-10H2. The third-order valence-electron chi connectivity index (χ3n) is 2.65. The molecule has 0 atom stereocenters. The Balaban J connectivity index is 2.02. The minimum atomic E-state index is 0.506. The molecule has 0 bridgehead atoms. The molecule has 0 aliphatic heterocycles. The van der Waals surface area contributed by atoms with Crippen LogP contribution in [0, 0.1) is 5.92 Å². The van der Waals surface area contributed by atoms with E-state index in [1.807, 2.05) is 23.5 Å². The Labute approximate surface area is 97.3 Å². The van der Waals surface area contributed by atoms with Crippen molar-refractivity contribution in [3.05, 3.63) is 47.7 Å². The van der Waals surface area contributed by atoms with Crippen molar-refractivity contribution in [3.63, 3.8) is 0 Å². The SMILES string of the molecule is C=CC(C=C)CCCCCc1cccs1. The van der Waals surface area contributed by atoms with Crippen LogP contribution in [-0.2, 0) is 6.42 Å². The summed E-state index contributed by atoms with van der Waals surface area (Å²) in [6, 6.07) is 4.35. The molecule has 1 aromatic rings. The lowest BCUT2D eigenvalue weighted by Gasteiger charge is -2.05. The van der Waals surface area contributed by atoms with Crippen LogP contribution in [-0.4, -0.2) is 0 Å². The van der Waals surface area contributed by atoms with Crippen molar-refractivity contribution in [3.8, 4) is 0 Å². The van der Waals surface area contributed by atoms with Gasteiger partial charge in [-0.3, -0.25) is 0 Å². The normalized spacial score (nSPS) is 10.5. The molecule has 0 radical (unpaired) electrons. The lowest BCUT2D eigenvalue weighted by molar-refractivity contribution is 0.598. The van der Waals surface area contributed by atoms with E-state index in [1.54, 1.807) is 0 Å². The summed E-state index contributed by atoms with van der Waals surface area (Å²) in [7, 11) is 0. The highest BCUT2D eigenvalue weighted by Crippen LogP contribution is 2.15. The maximum atomic E-state index is 3.80. The Bertz CT molecular complexity index is 264. The fraction of sp³-hybridized carbons (Fsp3) is 0.429. The van der Waals surface area contributed by atoms with Crippen molar-refractivity contribution in [2.75, 3.05) is 0 Å². The molecule has 0 aliphatic rings. The largest absolute Gasteiger partial charge is 0.149 e. The van der Waals surface area contributed by atoms with E-state index in [0.29, 0.717) is 5.92 Å². The highest BCUT2D eigenvalue weighted by molar-refractivity contribution is 7.09. The van der Waals surface area contributed by atoms with E-state index in [-0.39, 0.29) is 0 Å². The highest BCUT2D eigenvalue weighted by atomic mass is 32.1. The van der Waals surface area contributed by atoms with E-state index in [9.17, 15) is 0 Å². The van der Waals surface area contributed by atoms with E-state index in [4.69, 9.17) is 0 Å². The van der Waals surface area contributed by atoms with E-state index < -0.39 is 0 Å². The summed E-state index contributed by atoms with van der Waals surface area (Å²) in [6.07, 6.45) is 10.3. The molecule has 1 rings (SSSR count). The molecule has 0 amide bonds. The fourth-order valence-corrected chi connectivity index (χ4v) is 2.39. The molecule has 0 saturated carbocycles. The zero-order valence-electron chi connectivity index (χ0n) is 9.32. The van der Waals surface area contributed by atoms with Crippen LogP contribution in [0.15, 0.2) is 42.8 Å². The Morgan fingerprint density at radius 3 is 2.60 bits per heavy atom. The summed E-state index contributed by atoms with van der Waals surface area (Å²) in [5, 5.41) is 2.15. The van der Waals surface area contributed by atoms with Gasteiger partial charge in [0.25, 0.3) is 0 Å². The Morgan fingerprint density at radius 1 is 1.20 bits per heavy atom. The van der Waals surface area contributed by atoms with Crippen LogP contribution in [0.25, 0.3) is 0 Å². The molecule has 0 aromatic carbocycles. The monoisotopic (exact) mass is 220 g/mol. The van der Waals surface area contributed by atoms with Gasteiger partial charge in [0.15, 0.2) is 0 Å². The quantitative estimate of drug-likeness (QED) is 0.434. The molecular formula is C14H20S. The smallest absolute Gasteiger partial charge is 0.00452 e. The third-order valence-corrected chi connectivity index (χ3v) is 3.58. The molecule has 0 aliphatic carbocycles. The van der Waals surface area contributed by atoms with E-state index >= 15 is 0 Å². The van der Waals surface area contributed by atoms with Crippen LogP contribution in [0.1, 0.15) is 30.6 Å². The minimum absolute atomic E-state index is 0.506. The molecule has 0 N–H and O–H groups in total. The number of unbranched alkanes of at least 4 members (excludes halogenated alkanes) is 2. The Morgan fingerprint density at radius 2 is 2.00 bits per heavy atom. The summed E-state index contributed by atoms with van der Waals surface area (Å²) >= 11 is 1.86. The summed E-state index contributed by atoms with van der Waals surface area (Å²) in [5.41, 5.74) is 0. The van der Waals surface area contributed by atoms with Crippen LogP contribution < -0.4 is 0 Å². The average Bonchev–Trinajstić information content (AvgIpc) is 2.76. The zero-order valence-corrected chi connectivity index (χ0v) is 10.1. The molecule has 0 fully saturated rings. The predicted octanol–water partition coefficient (Wildman–Crippen LogP) is 4.84. The second kappa shape index (κ2) is 7.47. The van der Waals surface area contributed by atoms with Crippen molar-refractivity contribution in [1.29, 1.82) is 0 Å². The first-order valence-corrected chi connectivity index (χ1v) is 6.52. The van der Waals surface area contributed by atoms with Gasteiger partial charge in [-0.05, 0) is 36.6 Å². The second-order valence-electron chi connectivity index (χ2n) is 3.81. The van der Waals surface area contributed by atoms with Crippen molar-refractivity contribution in [2.24, 2.45) is 5.92 Å². The number of aryl methyl sites for hydroxylation is 1. The number of rotatable bonds is 8. The first-order chi connectivity index (χ1) is 7.36. The topological polar surface area (TPSA) is 0 Å². The van der Waals surface area contributed by atoms with Crippen LogP contribution in [0.4, 0.5) is 0 Å². The lowest BCUT2D eigenvalue weighted by atomic mass is 10.0. The molecule has 0 spiro atoms. The molecule has 1 heterocycles. The van der Waals surface area contributed by atoms with Crippen LogP contribution in [0.2, 0.25) is 0 Å². The number of thiophene rings is 1. The molecule has 1 heteroatoms. The van der Waals surface area contributed by atoms with Gasteiger partial charge in [0.2, 0.25) is 0 Å². The van der Waals surface area contributed by atoms with Gasteiger partial charge < -0.3 is 0 Å². The summed E-state index contributed by atoms with van der Waals surface area (Å²) in [4.78, 5) is 1.51. The van der Waals surface area contributed by atoms with Crippen LogP contribution in [0.5, 0.6) is 0 Å². The molecule has 0 unspecified atom stereocenters. The number of hydrogen-bond acceptors (Lipinski definition) is 1. The Kier molecular flexibility index (Phi) is 6.10. The summed E-state index contributed by atoms with van der Waals surface area (Å²) in [6.45, 7) is 7.60. The van der Waals surface area contributed by atoms with E-state index in [0.717, 1.165) is 0 Å². The van der Waals surface area contributed by atoms with Crippen molar-refractivity contribution in [1.82, 2.24) is 0 Å². The van der Waals surface area contributed by atoms with Gasteiger partial charge in [-0.2, -0.15) is 0 Å².